The van der Waals surface area contributed by atoms with Gasteiger partial charge in [0, 0.05) is 44.4 Å². The lowest BCUT2D eigenvalue weighted by Gasteiger charge is -2.46. The first-order valence-corrected chi connectivity index (χ1v) is 22.1. The molecule has 2 aliphatic carbocycles. The van der Waals surface area contributed by atoms with Gasteiger partial charge in [-0.15, -0.1) is 0 Å². The Bertz CT molecular complexity index is 3220. The van der Waals surface area contributed by atoms with Gasteiger partial charge < -0.3 is 9.80 Å². The van der Waals surface area contributed by atoms with Crippen molar-refractivity contribution in [3.05, 3.63) is 252 Å². The van der Waals surface area contributed by atoms with Crippen LogP contribution in [0.15, 0.2) is 206 Å². The molecule has 2 nitrogen and oxygen atoms in total. The molecule has 10 aromatic rings. The first-order chi connectivity index (χ1) is 32.1. The van der Waals surface area contributed by atoms with Gasteiger partial charge >= 0.3 is 0 Å². The van der Waals surface area contributed by atoms with Gasteiger partial charge in [-0.25, -0.2) is 17.6 Å². The van der Waals surface area contributed by atoms with Crippen molar-refractivity contribution in [1.29, 1.82) is 0 Å². The smallest absolute Gasteiger partial charge is 0.123 e. The molecule has 0 saturated heterocycles. The van der Waals surface area contributed by atoms with Crippen LogP contribution in [0.25, 0.3) is 43.8 Å². The molecule has 0 bridgehead atoms. The van der Waals surface area contributed by atoms with Crippen LogP contribution in [0.3, 0.4) is 0 Å². The molecule has 0 aliphatic heterocycles. The summed E-state index contributed by atoms with van der Waals surface area (Å²) in [4.78, 5) is 4.19. The number of nitrogens with zero attached hydrogens (tertiary/aromatic N) is 2. The minimum Gasteiger partial charge on any atom is -0.310 e. The van der Waals surface area contributed by atoms with Crippen LogP contribution in [-0.4, -0.2) is 0 Å². The van der Waals surface area contributed by atoms with Gasteiger partial charge in [0.25, 0.3) is 0 Å². The summed E-state index contributed by atoms with van der Waals surface area (Å²) < 4.78 is 58.6. The first-order valence-electron chi connectivity index (χ1n) is 22.1. The van der Waals surface area contributed by atoms with E-state index in [2.05, 4.69) is 121 Å². The molecule has 6 heteroatoms. The van der Waals surface area contributed by atoms with Crippen molar-refractivity contribution >= 4 is 55.7 Å². The van der Waals surface area contributed by atoms with Gasteiger partial charge in [0.05, 0.1) is 11.4 Å². The number of benzene rings is 10. The average Bonchev–Trinajstić information content (AvgIpc) is 3.77. The van der Waals surface area contributed by atoms with E-state index < -0.39 is 10.8 Å². The molecule has 318 valence electrons. The van der Waals surface area contributed by atoms with Gasteiger partial charge in [0.2, 0.25) is 0 Å². The Morgan fingerprint density at radius 1 is 0.303 bits per heavy atom. The molecule has 66 heavy (non-hydrogen) atoms. The van der Waals surface area contributed by atoms with E-state index in [1.165, 1.54) is 59.7 Å². The summed E-state index contributed by atoms with van der Waals surface area (Å²) in [6.07, 6.45) is 0. The Hall–Kier alpha value is -7.96. The number of rotatable bonds is 7. The largest absolute Gasteiger partial charge is 0.310 e. The van der Waals surface area contributed by atoms with Crippen LogP contribution in [-0.2, 0) is 10.8 Å². The van der Waals surface area contributed by atoms with E-state index in [-0.39, 0.29) is 23.3 Å². The average molecular weight is 865 g/mol. The maximum Gasteiger partial charge on any atom is 0.123 e. The molecule has 2 unspecified atom stereocenters. The molecule has 2 atom stereocenters. The van der Waals surface area contributed by atoms with Crippen LogP contribution in [0.5, 0.6) is 0 Å². The van der Waals surface area contributed by atoms with Crippen LogP contribution in [0, 0.1) is 23.3 Å². The molecule has 0 spiro atoms. The predicted octanol–water partition coefficient (Wildman–Crippen LogP) is 16.8. The molecule has 12 rings (SSSR count). The highest BCUT2D eigenvalue weighted by Crippen LogP contribution is 2.67. The number of hydrogen-bond donors (Lipinski definition) is 0. The molecule has 0 fully saturated rings. The summed E-state index contributed by atoms with van der Waals surface area (Å²) in [6.45, 7) is 4.74. The third-order valence-corrected chi connectivity index (χ3v) is 14.4. The second-order valence-electron chi connectivity index (χ2n) is 17.6. The molecule has 2 aliphatic rings. The van der Waals surface area contributed by atoms with Gasteiger partial charge in [0.1, 0.15) is 23.3 Å². The zero-order valence-electron chi connectivity index (χ0n) is 36.0. The SMILES string of the molecule is CC1(C2(C)c3ccccc3-c3c2cc(N(c2ccc(F)cc2)c2ccc(F)cc2)c2ccccc32)c2ccccc2-c2c1cc(N(c1ccc(F)cc1)c1ccc(F)cc1)c1ccccc21. The van der Waals surface area contributed by atoms with Gasteiger partial charge in [-0.2, -0.15) is 0 Å². The fourth-order valence-corrected chi connectivity index (χ4v) is 11.3. The van der Waals surface area contributed by atoms with E-state index in [9.17, 15) is 17.6 Å². The Morgan fingerprint density at radius 2 is 0.576 bits per heavy atom. The molecule has 0 aromatic heterocycles. The van der Waals surface area contributed by atoms with Gasteiger partial charge in [-0.3, -0.25) is 0 Å². The summed E-state index contributed by atoms with van der Waals surface area (Å²) in [7, 11) is 0. The minimum atomic E-state index is -0.743. The van der Waals surface area contributed by atoms with Crippen molar-refractivity contribution in [2.75, 3.05) is 9.80 Å². The topological polar surface area (TPSA) is 6.48 Å². The third kappa shape index (κ3) is 5.67. The van der Waals surface area contributed by atoms with Crippen LogP contribution < -0.4 is 9.80 Å². The second-order valence-corrected chi connectivity index (χ2v) is 17.6. The zero-order valence-corrected chi connectivity index (χ0v) is 36.0. The zero-order chi connectivity index (χ0) is 44.9. The van der Waals surface area contributed by atoms with Crippen molar-refractivity contribution in [2.24, 2.45) is 0 Å². The number of halogens is 4. The van der Waals surface area contributed by atoms with E-state index in [1.807, 2.05) is 12.1 Å². The standard InChI is InChI=1S/C60H40F4N2/c1-59(51-17-9-7-15-49(51)57-47-13-5-3-11-45(47)55(35-53(57)59)65(41-27-19-37(61)20-28-41)42-29-21-38(62)22-30-42)60(2)52-18-10-8-16-50(52)58-48-14-6-4-12-46(48)56(36-54(58)60)66(43-31-23-39(63)24-32-43)44-33-25-40(64)26-34-44/h3-36H,1-2H3. The van der Waals surface area contributed by atoms with E-state index in [0.29, 0.717) is 0 Å². The summed E-state index contributed by atoms with van der Waals surface area (Å²) in [5.74, 6) is -1.41. The van der Waals surface area contributed by atoms with E-state index >= 15 is 0 Å². The maximum atomic E-state index is 14.7. The molecule has 0 heterocycles. The highest BCUT2D eigenvalue weighted by molar-refractivity contribution is 6.13. The van der Waals surface area contributed by atoms with Crippen LogP contribution in [0.2, 0.25) is 0 Å². The van der Waals surface area contributed by atoms with Crippen LogP contribution in [0.1, 0.15) is 36.1 Å². The fourth-order valence-electron chi connectivity index (χ4n) is 11.3. The molecule has 0 radical (unpaired) electrons. The summed E-state index contributed by atoms with van der Waals surface area (Å²) in [6, 6.07) is 64.7. The first kappa shape index (κ1) is 39.6. The Morgan fingerprint density at radius 3 is 0.894 bits per heavy atom. The molecular formula is C60H40F4N2. The Balaban J connectivity index is 1.19. The summed E-state index contributed by atoms with van der Waals surface area (Å²) in [5.41, 5.74) is 12.3. The van der Waals surface area contributed by atoms with Gasteiger partial charge in [0.15, 0.2) is 0 Å². The molecule has 0 saturated carbocycles. The molecule has 0 N–H and O–H groups in total. The molecule has 0 amide bonds. The minimum absolute atomic E-state index is 0.351. The highest BCUT2D eigenvalue weighted by atomic mass is 19.1. The quantitative estimate of drug-likeness (QED) is 0.147. The fraction of sp³-hybridized carbons (Fsp3) is 0.0667. The lowest BCUT2D eigenvalue weighted by atomic mass is 9.56. The third-order valence-electron chi connectivity index (χ3n) is 14.4. The van der Waals surface area contributed by atoms with Crippen molar-refractivity contribution in [2.45, 2.75) is 24.7 Å². The lowest BCUT2D eigenvalue weighted by molar-refractivity contribution is 0.376. The van der Waals surface area contributed by atoms with E-state index in [0.717, 1.165) is 89.0 Å². The Labute approximate surface area is 380 Å². The second kappa shape index (κ2) is 14.8. The number of fused-ring (bicyclic) bond motifs is 10. The van der Waals surface area contributed by atoms with E-state index in [1.54, 1.807) is 48.5 Å². The predicted molar refractivity (Wildman–Crippen MR) is 261 cm³/mol. The molecule has 10 aromatic carbocycles. The Kier molecular flexibility index (Phi) is 8.88. The molecular weight excluding hydrogens is 825 g/mol. The summed E-state index contributed by atoms with van der Waals surface area (Å²) >= 11 is 0. The lowest BCUT2D eigenvalue weighted by Crippen LogP contribution is -2.44. The highest BCUT2D eigenvalue weighted by Gasteiger charge is 2.58. The van der Waals surface area contributed by atoms with Crippen molar-refractivity contribution in [3.8, 4) is 22.3 Å². The maximum absolute atomic E-state index is 14.7. The van der Waals surface area contributed by atoms with Crippen LogP contribution in [0.4, 0.5) is 51.7 Å². The van der Waals surface area contributed by atoms with Gasteiger partial charge in [-0.05, 0) is 164 Å². The number of hydrogen-bond acceptors (Lipinski definition) is 2. The van der Waals surface area contributed by atoms with Crippen LogP contribution >= 0.6 is 0 Å². The normalized spacial score (nSPS) is 16.8. The van der Waals surface area contributed by atoms with E-state index in [4.69, 9.17) is 0 Å². The van der Waals surface area contributed by atoms with Gasteiger partial charge in [-0.1, -0.05) is 111 Å². The van der Waals surface area contributed by atoms with Crippen molar-refractivity contribution < 1.29 is 17.6 Å². The summed E-state index contributed by atoms with van der Waals surface area (Å²) in [5, 5.41) is 4.10. The van der Waals surface area contributed by atoms with Crippen molar-refractivity contribution in [3.63, 3.8) is 0 Å². The van der Waals surface area contributed by atoms with Crippen molar-refractivity contribution in [1.82, 2.24) is 0 Å². The number of anilines is 6. The monoisotopic (exact) mass is 864 g/mol.